The van der Waals surface area contributed by atoms with Crippen molar-refractivity contribution in [3.63, 3.8) is 0 Å². The zero-order chi connectivity index (χ0) is 17.6. The number of ether oxygens (including phenoxy) is 1. The average molecular weight is 473 g/mol. The van der Waals surface area contributed by atoms with Gasteiger partial charge in [0.1, 0.15) is 11.9 Å². The van der Waals surface area contributed by atoms with Crippen LogP contribution in [0.3, 0.4) is 0 Å². The number of aromatic nitrogens is 2. The lowest BCUT2D eigenvalue weighted by Gasteiger charge is -2.38. The molecule has 26 heavy (non-hydrogen) atoms. The summed E-state index contributed by atoms with van der Waals surface area (Å²) in [5.41, 5.74) is 1.94. The molecule has 0 radical (unpaired) electrons. The Morgan fingerprint density at radius 1 is 1.35 bits per heavy atom. The molecule has 0 aliphatic carbocycles. The van der Waals surface area contributed by atoms with Crippen LogP contribution in [0.1, 0.15) is 31.2 Å². The monoisotopic (exact) mass is 473 g/mol. The van der Waals surface area contributed by atoms with Crippen molar-refractivity contribution in [2.75, 3.05) is 19.6 Å². The van der Waals surface area contributed by atoms with Crippen LogP contribution in [0.4, 0.5) is 4.39 Å². The Morgan fingerprint density at radius 2 is 2.12 bits per heavy atom. The summed E-state index contributed by atoms with van der Waals surface area (Å²) in [6.07, 6.45) is 1.67. The highest BCUT2D eigenvalue weighted by Gasteiger charge is 2.28. The summed E-state index contributed by atoms with van der Waals surface area (Å²) in [7, 11) is 0. The van der Waals surface area contributed by atoms with Gasteiger partial charge < -0.3 is 15.0 Å². The van der Waals surface area contributed by atoms with E-state index in [1.54, 1.807) is 18.3 Å². The van der Waals surface area contributed by atoms with E-state index < -0.39 is 0 Å². The fourth-order valence-corrected chi connectivity index (χ4v) is 2.94. The van der Waals surface area contributed by atoms with Crippen molar-refractivity contribution in [3.05, 3.63) is 53.6 Å². The first kappa shape index (κ1) is 20.6. The molecule has 0 saturated carbocycles. The Bertz CT molecular complexity index is 692. The minimum absolute atomic E-state index is 0. The zero-order valence-corrected chi connectivity index (χ0v) is 17.3. The first-order valence-electron chi connectivity index (χ1n) is 8.58. The van der Waals surface area contributed by atoms with Crippen LogP contribution in [0.2, 0.25) is 0 Å². The summed E-state index contributed by atoms with van der Waals surface area (Å²) < 4.78 is 19.2. The molecule has 0 spiro atoms. The topological polar surface area (TPSA) is 65.5 Å². The summed E-state index contributed by atoms with van der Waals surface area (Å²) in [5.74, 6) is 0.610. The van der Waals surface area contributed by atoms with Crippen molar-refractivity contribution < 1.29 is 9.13 Å². The molecule has 0 bridgehead atoms. The van der Waals surface area contributed by atoms with Gasteiger partial charge >= 0.3 is 0 Å². The van der Waals surface area contributed by atoms with Crippen molar-refractivity contribution >= 4 is 29.9 Å². The summed E-state index contributed by atoms with van der Waals surface area (Å²) in [5, 5.41) is 10.2. The number of halogens is 2. The van der Waals surface area contributed by atoms with Gasteiger partial charge in [-0.2, -0.15) is 5.10 Å². The Hall–Kier alpha value is -1.68. The van der Waals surface area contributed by atoms with Gasteiger partial charge in [0.2, 0.25) is 0 Å². The Morgan fingerprint density at radius 3 is 2.77 bits per heavy atom. The molecule has 1 aromatic carbocycles. The first-order chi connectivity index (χ1) is 12.2. The largest absolute Gasteiger partial charge is 0.367 e. The smallest absolute Gasteiger partial charge is 0.194 e. The molecule has 2 heterocycles. The highest BCUT2D eigenvalue weighted by atomic mass is 127. The van der Waals surface area contributed by atoms with Gasteiger partial charge in [-0.25, -0.2) is 9.38 Å². The van der Waals surface area contributed by atoms with Gasteiger partial charge in [-0.05, 0) is 37.6 Å². The number of hydrogen-bond acceptors (Lipinski definition) is 3. The van der Waals surface area contributed by atoms with E-state index in [1.807, 2.05) is 19.9 Å². The van der Waals surface area contributed by atoms with Crippen molar-refractivity contribution in [2.24, 2.45) is 4.99 Å². The standard InChI is InChI=1S/C18H24FN5O.HI/c1-3-20-18(21-10-16-8-9-22-23-16)24-11-13(2)25-17(12-24)14-4-6-15(19)7-5-14;/h4-9,13,17H,3,10-12H2,1-2H3,(H,20,21)(H,22,23);1H. The number of nitrogens with one attached hydrogen (secondary N) is 2. The fourth-order valence-electron chi connectivity index (χ4n) is 2.94. The lowest BCUT2D eigenvalue weighted by molar-refractivity contribution is -0.0605. The third-order valence-corrected chi connectivity index (χ3v) is 4.09. The normalized spacial score (nSPS) is 20.6. The molecule has 2 N–H and O–H groups in total. The van der Waals surface area contributed by atoms with Crippen LogP contribution >= 0.6 is 24.0 Å². The summed E-state index contributed by atoms with van der Waals surface area (Å²) in [6.45, 7) is 6.84. The van der Waals surface area contributed by atoms with E-state index in [-0.39, 0.29) is 42.0 Å². The van der Waals surface area contributed by atoms with Crippen LogP contribution in [0.25, 0.3) is 0 Å². The molecule has 1 aromatic heterocycles. The first-order valence-corrected chi connectivity index (χ1v) is 8.58. The minimum atomic E-state index is -0.237. The molecule has 3 rings (SSSR count). The molecule has 0 amide bonds. The van der Waals surface area contributed by atoms with E-state index in [2.05, 4.69) is 20.4 Å². The molecule has 2 atom stereocenters. The third-order valence-electron chi connectivity index (χ3n) is 4.09. The second-order valence-electron chi connectivity index (χ2n) is 6.14. The van der Waals surface area contributed by atoms with E-state index in [1.165, 1.54) is 12.1 Å². The molecule has 6 nitrogen and oxygen atoms in total. The quantitative estimate of drug-likeness (QED) is 0.407. The fraction of sp³-hybridized carbons (Fsp3) is 0.444. The molecular weight excluding hydrogens is 448 g/mol. The lowest BCUT2D eigenvalue weighted by atomic mass is 10.1. The number of guanidine groups is 1. The molecule has 1 saturated heterocycles. The van der Waals surface area contributed by atoms with Crippen LogP contribution in [0, 0.1) is 5.82 Å². The number of aliphatic imine (C=N–C) groups is 1. The van der Waals surface area contributed by atoms with Crippen molar-refractivity contribution in [3.8, 4) is 0 Å². The molecule has 1 fully saturated rings. The van der Waals surface area contributed by atoms with Crippen LogP contribution in [-0.4, -0.2) is 46.8 Å². The Balaban J connectivity index is 0.00000243. The van der Waals surface area contributed by atoms with E-state index in [4.69, 9.17) is 9.73 Å². The van der Waals surface area contributed by atoms with Gasteiger partial charge in [0.15, 0.2) is 5.96 Å². The predicted octanol–water partition coefficient (Wildman–Crippen LogP) is 3.09. The molecule has 2 aromatic rings. The highest BCUT2D eigenvalue weighted by molar-refractivity contribution is 14.0. The van der Waals surface area contributed by atoms with E-state index in [0.29, 0.717) is 13.1 Å². The average Bonchev–Trinajstić information content (AvgIpc) is 3.12. The number of H-pyrrole nitrogens is 1. The summed E-state index contributed by atoms with van der Waals surface area (Å²) in [4.78, 5) is 6.90. The lowest BCUT2D eigenvalue weighted by Crippen LogP contribution is -2.50. The van der Waals surface area contributed by atoms with Crippen molar-refractivity contribution in [1.82, 2.24) is 20.4 Å². The molecular formula is C18H25FIN5O. The third kappa shape index (κ3) is 5.41. The number of nitrogens with zero attached hydrogens (tertiary/aromatic N) is 3. The molecule has 142 valence electrons. The Kier molecular flexibility index (Phi) is 7.83. The van der Waals surface area contributed by atoms with Gasteiger partial charge in [-0.1, -0.05) is 12.1 Å². The highest BCUT2D eigenvalue weighted by Crippen LogP contribution is 2.25. The Labute approximate surface area is 170 Å². The number of morpholine rings is 1. The number of hydrogen-bond donors (Lipinski definition) is 2. The van der Waals surface area contributed by atoms with Crippen LogP contribution in [0.5, 0.6) is 0 Å². The van der Waals surface area contributed by atoms with Crippen LogP contribution in [-0.2, 0) is 11.3 Å². The van der Waals surface area contributed by atoms with Gasteiger partial charge in [0.05, 0.1) is 24.9 Å². The van der Waals surface area contributed by atoms with E-state index in [9.17, 15) is 4.39 Å². The minimum Gasteiger partial charge on any atom is -0.367 e. The maximum absolute atomic E-state index is 13.2. The van der Waals surface area contributed by atoms with Gasteiger partial charge in [-0.15, -0.1) is 24.0 Å². The van der Waals surface area contributed by atoms with Gasteiger partial charge in [-0.3, -0.25) is 5.10 Å². The molecule has 2 unspecified atom stereocenters. The van der Waals surface area contributed by atoms with E-state index >= 15 is 0 Å². The van der Waals surface area contributed by atoms with Crippen molar-refractivity contribution in [2.45, 2.75) is 32.6 Å². The van der Waals surface area contributed by atoms with Crippen LogP contribution in [0.15, 0.2) is 41.5 Å². The van der Waals surface area contributed by atoms with Gasteiger partial charge in [0, 0.05) is 19.3 Å². The van der Waals surface area contributed by atoms with E-state index in [0.717, 1.165) is 30.3 Å². The molecule has 1 aliphatic heterocycles. The molecule has 8 heteroatoms. The van der Waals surface area contributed by atoms with Crippen molar-refractivity contribution in [1.29, 1.82) is 0 Å². The predicted molar refractivity (Wildman–Crippen MR) is 110 cm³/mol. The van der Waals surface area contributed by atoms with Gasteiger partial charge in [0.25, 0.3) is 0 Å². The summed E-state index contributed by atoms with van der Waals surface area (Å²) >= 11 is 0. The molecule has 1 aliphatic rings. The second-order valence-corrected chi connectivity index (χ2v) is 6.14. The van der Waals surface area contributed by atoms with Crippen LogP contribution < -0.4 is 5.32 Å². The number of benzene rings is 1. The second kappa shape index (κ2) is 9.86. The number of aromatic amines is 1. The zero-order valence-electron chi connectivity index (χ0n) is 15.0. The maximum Gasteiger partial charge on any atom is 0.194 e. The maximum atomic E-state index is 13.2. The SMILES string of the molecule is CCNC(=NCc1ccn[nH]1)N1CC(C)OC(c2ccc(F)cc2)C1.I. The summed E-state index contributed by atoms with van der Waals surface area (Å²) in [6, 6.07) is 8.42. The number of rotatable bonds is 4.